The van der Waals surface area contributed by atoms with Crippen LogP contribution < -0.4 is 40.4 Å². The van der Waals surface area contributed by atoms with E-state index in [2.05, 4.69) is 0 Å². The Balaban J connectivity index is 0.00000192. The Kier molecular flexibility index (Phi) is 5.59. The van der Waals surface area contributed by atoms with Crippen molar-refractivity contribution in [3.05, 3.63) is 22.9 Å². The molecule has 0 aliphatic carbocycles. The average Bonchev–Trinajstić information content (AvgIpc) is 2.81. The molecule has 2 fully saturated rings. The van der Waals surface area contributed by atoms with E-state index in [4.69, 9.17) is 10.6 Å². The van der Waals surface area contributed by atoms with Gasteiger partial charge in [0.1, 0.15) is 0 Å². The van der Waals surface area contributed by atoms with Crippen LogP contribution in [0.1, 0.15) is 12.8 Å². The molecule has 3 aliphatic rings. The second-order valence-corrected chi connectivity index (χ2v) is 6.40. The number of nitrogens with two attached hydrogens (primary N) is 1. The minimum atomic E-state index is -1.46. The van der Waals surface area contributed by atoms with Gasteiger partial charge in [0, 0.05) is 11.1 Å². The van der Waals surface area contributed by atoms with Gasteiger partial charge in [0.2, 0.25) is 5.91 Å². The molecule has 10 heteroatoms. The minimum Gasteiger partial charge on any atom is -0.543 e. The summed E-state index contributed by atoms with van der Waals surface area (Å²) in [7, 11) is 1.39. The first-order valence-corrected chi connectivity index (χ1v) is 7.63. The molecule has 0 aromatic heterocycles. The molecule has 2 atom stereocenters. The van der Waals surface area contributed by atoms with Gasteiger partial charge in [-0.3, -0.25) is 19.3 Å². The van der Waals surface area contributed by atoms with Crippen LogP contribution in [0.2, 0.25) is 0 Å². The zero-order valence-electron chi connectivity index (χ0n) is 12.8. The Morgan fingerprint density at radius 3 is 2.70 bits per heavy atom. The number of carboxylic acids is 1. The second kappa shape index (κ2) is 6.96. The van der Waals surface area contributed by atoms with Crippen LogP contribution in [0.4, 0.5) is 0 Å². The van der Waals surface area contributed by atoms with Crippen molar-refractivity contribution in [2.45, 2.75) is 23.6 Å². The molecule has 0 radical (unpaired) electrons. The maximum atomic E-state index is 12.0. The first-order chi connectivity index (χ1) is 10.4. The fourth-order valence-electron chi connectivity index (χ4n) is 2.73. The van der Waals surface area contributed by atoms with Gasteiger partial charge in [-0.1, -0.05) is 0 Å². The molecule has 2 saturated heterocycles. The van der Waals surface area contributed by atoms with E-state index >= 15 is 0 Å². The molecule has 0 bridgehead atoms. The number of carbonyl (C=O) groups excluding carboxylic acids is 3. The van der Waals surface area contributed by atoms with Crippen molar-refractivity contribution in [3.63, 3.8) is 0 Å². The number of hydrogen-bond donors (Lipinski definition) is 1. The van der Waals surface area contributed by atoms with Crippen LogP contribution in [-0.2, 0) is 19.2 Å². The van der Waals surface area contributed by atoms with Crippen molar-refractivity contribution in [1.29, 1.82) is 0 Å². The van der Waals surface area contributed by atoms with Crippen molar-refractivity contribution < 1.29 is 53.9 Å². The third-order valence-corrected chi connectivity index (χ3v) is 5.10. The Labute approximate surface area is 158 Å². The van der Waals surface area contributed by atoms with E-state index in [1.807, 2.05) is 0 Å². The van der Waals surface area contributed by atoms with E-state index in [0.717, 1.165) is 0 Å². The average molecular weight is 347 g/mol. The molecule has 3 rings (SSSR count). The van der Waals surface area contributed by atoms with Crippen LogP contribution in [0.3, 0.4) is 0 Å². The number of amides is 2. The topological polar surface area (TPSA) is 116 Å². The molecule has 2 N–H and O–H groups in total. The second-order valence-electron chi connectivity index (χ2n) is 5.08. The van der Waals surface area contributed by atoms with Gasteiger partial charge in [-0.2, -0.15) is 0 Å². The molecule has 0 saturated carbocycles. The summed E-state index contributed by atoms with van der Waals surface area (Å²) in [6.07, 6.45) is 2.13. The van der Waals surface area contributed by atoms with Gasteiger partial charge < -0.3 is 15.6 Å². The number of carbonyl (C=O) groups is 3. The number of carboxylic acid groups (broad SMARTS) is 1. The summed E-state index contributed by atoms with van der Waals surface area (Å²) in [5, 5.41) is 11.7. The van der Waals surface area contributed by atoms with Crippen LogP contribution in [0, 0.1) is 0 Å². The van der Waals surface area contributed by atoms with Crippen LogP contribution in [0.25, 0.3) is 0 Å². The summed E-state index contributed by atoms with van der Waals surface area (Å²) < 4.78 is 0. The first kappa shape index (κ1) is 18.5. The van der Waals surface area contributed by atoms with E-state index < -0.39 is 11.3 Å². The predicted octanol–water partition coefficient (Wildman–Crippen LogP) is -4.70. The maximum Gasteiger partial charge on any atom is 1.00 e. The van der Waals surface area contributed by atoms with Crippen molar-refractivity contribution in [1.82, 2.24) is 9.96 Å². The number of nitrogens with zero attached hydrogens (tertiary/aromatic N) is 2. The Bertz CT molecular complexity index is 635. The van der Waals surface area contributed by atoms with Crippen molar-refractivity contribution in [2.75, 3.05) is 13.7 Å². The molecule has 8 nitrogen and oxygen atoms in total. The van der Waals surface area contributed by atoms with Gasteiger partial charge >= 0.3 is 29.6 Å². The van der Waals surface area contributed by atoms with Crippen LogP contribution in [0.15, 0.2) is 22.9 Å². The fourth-order valence-corrected chi connectivity index (χ4v) is 3.98. The SMILES string of the molecule is CON1CCC(=CC2=C(C(=O)[O-])N3C(=O)CC3SC2N)C1=O.[Na+]. The van der Waals surface area contributed by atoms with Gasteiger partial charge in [-0.05, 0) is 12.5 Å². The minimum absolute atomic E-state index is 0. The number of thioether (sulfide) groups is 1. The Morgan fingerprint density at radius 1 is 1.48 bits per heavy atom. The van der Waals surface area contributed by atoms with Crippen molar-refractivity contribution >= 4 is 29.5 Å². The van der Waals surface area contributed by atoms with Gasteiger partial charge in [-0.15, -0.1) is 11.8 Å². The molecular weight excluding hydrogens is 333 g/mol. The molecule has 23 heavy (non-hydrogen) atoms. The normalized spacial score (nSPS) is 28.7. The summed E-state index contributed by atoms with van der Waals surface area (Å²) in [4.78, 5) is 41.2. The monoisotopic (exact) mass is 347 g/mol. The first-order valence-electron chi connectivity index (χ1n) is 6.69. The van der Waals surface area contributed by atoms with Crippen molar-refractivity contribution in [3.8, 4) is 0 Å². The molecular formula is C13H14N3NaO5S. The number of hydroxylamine groups is 2. The smallest absolute Gasteiger partial charge is 0.543 e. The number of aliphatic carboxylic acids is 1. The van der Waals surface area contributed by atoms with Gasteiger partial charge in [0.15, 0.2) is 0 Å². The maximum absolute atomic E-state index is 12.0. The van der Waals surface area contributed by atoms with Gasteiger partial charge in [0.05, 0.1) is 42.5 Å². The molecule has 0 aromatic rings. The fraction of sp³-hybridized carbons (Fsp3) is 0.462. The molecule has 2 amide bonds. The third kappa shape index (κ3) is 3.09. The zero-order chi connectivity index (χ0) is 16.0. The van der Waals surface area contributed by atoms with Crippen LogP contribution in [0.5, 0.6) is 0 Å². The number of fused-ring (bicyclic) bond motifs is 1. The summed E-state index contributed by atoms with van der Waals surface area (Å²) in [6.45, 7) is 0.392. The number of β-lactam (4-membered cyclic amide) rings is 1. The summed E-state index contributed by atoms with van der Waals surface area (Å²) in [5.41, 5.74) is 6.41. The number of hydrogen-bond acceptors (Lipinski definition) is 7. The number of rotatable bonds is 3. The molecule has 3 heterocycles. The van der Waals surface area contributed by atoms with Crippen molar-refractivity contribution in [2.24, 2.45) is 5.73 Å². The van der Waals surface area contributed by atoms with E-state index in [1.165, 1.54) is 34.9 Å². The van der Waals surface area contributed by atoms with Crippen LogP contribution in [-0.4, -0.2) is 52.1 Å². The molecule has 0 spiro atoms. The van der Waals surface area contributed by atoms with E-state index in [-0.39, 0.29) is 64.4 Å². The summed E-state index contributed by atoms with van der Waals surface area (Å²) in [6, 6.07) is 0. The van der Waals surface area contributed by atoms with Gasteiger partial charge in [0.25, 0.3) is 5.91 Å². The van der Waals surface area contributed by atoms with Gasteiger partial charge in [-0.25, -0.2) is 5.06 Å². The van der Waals surface area contributed by atoms with Crippen LogP contribution >= 0.6 is 11.8 Å². The molecule has 3 aliphatic heterocycles. The Morgan fingerprint density at radius 2 is 2.17 bits per heavy atom. The Hall–Kier alpha value is -0.840. The summed E-state index contributed by atoms with van der Waals surface area (Å²) >= 11 is 1.29. The van der Waals surface area contributed by atoms with E-state index in [9.17, 15) is 19.5 Å². The third-order valence-electron chi connectivity index (χ3n) is 3.86. The molecule has 118 valence electrons. The van der Waals surface area contributed by atoms with E-state index in [0.29, 0.717) is 18.5 Å². The molecule has 2 unspecified atom stereocenters. The standard InChI is InChI=1S/C13H15N3O5S.Na/c1-21-15-3-2-6(12(15)18)4-7-10(13(19)20)16-8(17)5-9(16)22-11(7)14;/h4,9,11H,2-3,5,14H2,1H3,(H,19,20);/q;+1/p-1. The zero-order valence-corrected chi connectivity index (χ0v) is 15.6. The van der Waals surface area contributed by atoms with E-state index in [1.54, 1.807) is 0 Å². The quantitative estimate of drug-likeness (QED) is 0.310. The predicted molar refractivity (Wildman–Crippen MR) is 74.3 cm³/mol. The summed E-state index contributed by atoms with van der Waals surface area (Å²) in [5.74, 6) is -2.08. The molecule has 0 aromatic carbocycles. The largest absolute Gasteiger partial charge is 1.00 e.